The zero-order valence-corrected chi connectivity index (χ0v) is 11.6. The highest BCUT2D eigenvalue weighted by molar-refractivity contribution is 6.19. The fourth-order valence-corrected chi connectivity index (χ4v) is 1.48. The Balaban J connectivity index is 3.01. The molecule has 0 aromatic heterocycles. The highest BCUT2D eigenvalue weighted by atomic mass is 35.5. The van der Waals surface area contributed by atoms with Crippen LogP contribution in [0.25, 0.3) is 0 Å². The third-order valence-corrected chi connectivity index (χ3v) is 2.35. The fourth-order valence-electron chi connectivity index (χ4n) is 1.41. The van der Waals surface area contributed by atoms with Gasteiger partial charge in [0.2, 0.25) is 0 Å². The molecule has 0 bridgehead atoms. The largest absolute Gasteiger partial charge is 0.510 e. The summed E-state index contributed by atoms with van der Waals surface area (Å²) >= 11 is 5.30. The number of hydrogen-bond acceptors (Lipinski definition) is 3. The number of hydrogen-bond donors (Lipinski definition) is 0. The van der Waals surface area contributed by atoms with E-state index in [2.05, 4.69) is 9.47 Å². The van der Waals surface area contributed by atoms with Gasteiger partial charge in [-0.15, -0.1) is 0 Å². The summed E-state index contributed by atoms with van der Waals surface area (Å²) in [7, 11) is 0. The number of benzene rings is 1. The molecular weight excluding hydrogens is 342 g/mol. The first-order chi connectivity index (χ1) is 9.89. The second kappa shape index (κ2) is 6.64. The SMILES string of the molecule is CC(Cl)OC(=O)OCc1cc(C(F)(F)F)cc(C(F)(F)F)c1. The van der Waals surface area contributed by atoms with E-state index in [1.165, 1.54) is 6.92 Å². The van der Waals surface area contributed by atoms with Crippen LogP contribution in [0.4, 0.5) is 31.1 Å². The van der Waals surface area contributed by atoms with Crippen molar-refractivity contribution in [2.45, 2.75) is 31.4 Å². The number of carbonyl (C=O) groups excluding carboxylic acids is 1. The molecule has 1 aromatic rings. The molecule has 0 N–H and O–H groups in total. The van der Waals surface area contributed by atoms with Crippen molar-refractivity contribution in [2.24, 2.45) is 0 Å². The van der Waals surface area contributed by atoms with Crippen molar-refractivity contribution in [3.8, 4) is 0 Å². The molecule has 0 saturated heterocycles. The van der Waals surface area contributed by atoms with Crippen LogP contribution < -0.4 is 0 Å². The minimum atomic E-state index is -4.97. The van der Waals surface area contributed by atoms with Gasteiger partial charge in [-0.05, 0) is 30.7 Å². The number of rotatable bonds is 3. The average Bonchev–Trinajstić information content (AvgIpc) is 2.33. The number of alkyl halides is 7. The van der Waals surface area contributed by atoms with E-state index in [0.717, 1.165) is 0 Å². The lowest BCUT2D eigenvalue weighted by Gasteiger charge is -2.14. The smallest absolute Gasteiger partial charge is 0.429 e. The van der Waals surface area contributed by atoms with Crippen LogP contribution in [-0.4, -0.2) is 11.7 Å². The summed E-state index contributed by atoms with van der Waals surface area (Å²) in [5.41, 5.74) is -4.54. The Hall–Kier alpha value is -1.64. The first-order valence-electron chi connectivity index (χ1n) is 5.65. The van der Waals surface area contributed by atoms with E-state index in [0.29, 0.717) is 12.1 Å². The van der Waals surface area contributed by atoms with Gasteiger partial charge in [0.1, 0.15) is 6.61 Å². The Morgan fingerprint density at radius 2 is 1.55 bits per heavy atom. The molecule has 3 nitrogen and oxygen atoms in total. The molecule has 0 aliphatic heterocycles. The molecule has 10 heteroatoms. The van der Waals surface area contributed by atoms with Gasteiger partial charge in [0, 0.05) is 0 Å². The second-order valence-electron chi connectivity index (χ2n) is 4.11. The molecule has 0 aliphatic carbocycles. The molecule has 0 spiro atoms. The van der Waals surface area contributed by atoms with Crippen LogP contribution in [0.5, 0.6) is 0 Å². The van der Waals surface area contributed by atoms with Crippen LogP contribution in [0.1, 0.15) is 23.6 Å². The van der Waals surface area contributed by atoms with Crippen molar-refractivity contribution in [1.29, 1.82) is 0 Å². The molecule has 1 rings (SSSR count). The molecule has 0 amide bonds. The molecule has 0 radical (unpaired) electrons. The van der Waals surface area contributed by atoms with Gasteiger partial charge in [-0.1, -0.05) is 11.6 Å². The third-order valence-electron chi connectivity index (χ3n) is 2.26. The van der Waals surface area contributed by atoms with Crippen LogP contribution in [0.15, 0.2) is 18.2 Å². The molecule has 0 heterocycles. The van der Waals surface area contributed by atoms with Gasteiger partial charge in [0.15, 0.2) is 5.56 Å². The minimum absolute atomic E-state index is 0.0251. The summed E-state index contributed by atoms with van der Waals surface area (Å²) in [5.74, 6) is 0. The number of halogens is 7. The van der Waals surface area contributed by atoms with Gasteiger partial charge < -0.3 is 9.47 Å². The second-order valence-corrected chi connectivity index (χ2v) is 4.73. The maximum atomic E-state index is 12.6. The van der Waals surface area contributed by atoms with E-state index in [4.69, 9.17) is 11.6 Å². The highest BCUT2D eigenvalue weighted by Gasteiger charge is 2.36. The first kappa shape index (κ1) is 18.4. The van der Waals surface area contributed by atoms with E-state index in [-0.39, 0.29) is 6.07 Å². The van der Waals surface area contributed by atoms with E-state index in [9.17, 15) is 31.1 Å². The van der Waals surface area contributed by atoms with Gasteiger partial charge in [-0.25, -0.2) is 4.79 Å². The quantitative estimate of drug-likeness (QED) is 0.439. The van der Waals surface area contributed by atoms with Gasteiger partial charge in [0.25, 0.3) is 0 Å². The van der Waals surface area contributed by atoms with E-state index in [1.807, 2.05) is 0 Å². The number of carbonyl (C=O) groups is 1. The zero-order valence-electron chi connectivity index (χ0n) is 10.9. The predicted molar refractivity (Wildman–Crippen MR) is 63.0 cm³/mol. The molecule has 0 fully saturated rings. The van der Waals surface area contributed by atoms with E-state index >= 15 is 0 Å². The summed E-state index contributed by atoms with van der Waals surface area (Å²) in [6.07, 6.45) is -11.3. The van der Waals surface area contributed by atoms with Crippen molar-refractivity contribution in [3.63, 3.8) is 0 Å². The molecule has 124 valence electrons. The van der Waals surface area contributed by atoms with Crippen molar-refractivity contribution < 1.29 is 40.6 Å². The van der Waals surface area contributed by atoms with Gasteiger partial charge >= 0.3 is 18.5 Å². The summed E-state index contributed by atoms with van der Waals surface area (Å²) in [6, 6.07) is 0.877. The maximum Gasteiger partial charge on any atom is 0.510 e. The van der Waals surface area contributed by atoms with E-state index in [1.54, 1.807) is 0 Å². The van der Waals surface area contributed by atoms with Crippen molar-refractivity contribution in [2.75, 3.05) is 0 Å². The molecule has 0 saturated carbocycles. The topological polar surface area (TPSA) is 35.5 Å². The lowest BCUT2D eigenvalue weighted by Crippen LogP contribution is -2.14. The number of ether oxygens (including phenoxy) is 2. The monoisotopic (exact) mass is 350 g/mol. The van der Waals surface area contributed by atoms with Gasteiger partial charge in [-0.2, -0.15) is 26.3 Å². The fraction of sp³-hybridized carbons (Fsp3) is 0.417. The Morgan fingerprint density at radius 3 is 1.91 bits per heavy atom. The normalized spacial score (nSPS) is 13.6. The average molecular weight is 351 g/mol. The Bertz CT molecular complexity index is 506. The summed E-state index contributed by atoms with van der Waals surface area (Å²) < 4.78 is 84.3. The Kier molecular flexibility index (Phi) is 5.55. The van der Waals surface area contributed by atoms with Gasteiger partial charge in [-0.3, -0.25) is 0 Å². The van der Waals surface area contributed by atoms with Crippen molar-refractivity contribution >= 4 is 17.8 Å². The lowest BCUT2D eigenvalue weighted by atomic mass is 10.1. The Morgan fingerprint density at radius 1 is 1.09 bits per heavy atom. The summed E-state index contributed by atoms with van der Waals surface area (Å²) in [4.78, 5) is 11.0. The lowest BCUT2D eigenvalue weighted by molar-refractivity contribution is -0.143. The van der Waals surface area contributed by atoms with E-state index < -0.39 is 47.4 Å². The minimum Gasteiger partial charge on any atom is -0.429 e. The molecule has 1 atom stereocenters. The Labute approximate surface area is 125 Å². The van der Waals surface area contributed by atoms with Crippen molar-refractivity contribution in [1.82, 2.24) is 0 Å². The molecule has 22 heavy (non-hydrogen) atoms. The molecule has 1 aromatic carbocycles. The predicted octanol–water partition coefficient (Wildman–Crippen LogP) is 4.96. The highest BCUT2D eigenvalue weighted by Crippen LogP contribution is 2.36. The molecule has 1 unspecified atom stereocenters. The van der Waals surface area contributed by atoms with Crippen LogP contribution in [0.2, 0.25) is 0 Å². The van der Waals surface area contributed by atoms with Gasteiger partial charge in [0.05, 0.1) is 11.1 Å². The zero-order chi connectivity index (χ0) is 17.1. The molecular formula is C12H9ClF6O3. The van der Waals surface area contributed by atoms with Crippen LogP contribution >= 0.6 is 11.6 Å². The van der Waals surface area contributed by atoms with Crippen LogP contribution in [0.3, 0.4) is 0 Å². The van der Waals surface area contributed by atoms with Crippen LogP contribution in [-0.2, 0) is 28.4 Å². The maximum absolute atomic E-state index is 12.6. The van der Waals surface area contributed by atoms with Crippen LogP contribution in [0, 0.1) is 0 Å². The summed E-state index contributed by atoms with van der Waals surface area (Å²) in [6.45, 7) is 0.449. The third kappa shape index (κ3) is 5.63. The summed E-state index contributed by atoms with van der Waals surface area (Å²) in [5, 5.41) is 0. The van der Waals surface area contributed by atoms with Crippen molar-refractivity contribution in [3.05, 3.63) is 34.9 Å². The first-order valence-corrected chi connectivity index (χ1v) is 6.09. The standard InChI is InChI=1S/C12H9ClF6O3/c1-6(13)22-10(20)21-5-7-2-8(11(14,15)16)4-9(3-7)12(17,18)19/h2-4,6H,5H2,1H3. The molecule has 0 aliphatic rings.